The molecular weight excluding hydrogens is 294 g/mol. The fourth-order valence-electron chi connectivity index (χ4n) is 2.45. The molecule has 0 bridgehead atoms. The molecule has 1 saturated heterocycles. The van der Waals surface area contributed by atoms with Gasteiger partial charge in [0, 0.05) is 0 Å². The quantitative estimate of drug-likeness (QED) is 0.794. The van der Waals surface area contributed by atoms with Crippen LogP contribution in [0.4, 0.5) is 0 Å². The molecule has 6 nitrogen and oxygen atoms in total. The summed E-state index contributed by atoms with van der Waals surface area (Å²) < 4.78 is 34.8. The van der Waals surface area contributed by atoms with E-state index in [2.05, 4.69) is 4.98 Å². The van der Waals surface area contributed by atoms with Crippen LogP contribution in [0.15, 0.2) is 4.42 Å². The number of esters is 1. The predicted molar refractivity (Wildman–Crippen MR) is 76.9 cm³/mol. The molecule has 0 aliphatic carbocycles. The van der Waals surface area contributed by atoms with Crippen LogP contribution in [-0.4, -0.2) is 31.7 Å². The van der Waals surface area contributed by atoms with Crippen molar-refractivity contribution < 1.29 is 22.4 Å². The lowest BCUT2D eigenvalue weighted by atomic mass is 10.1. The average Bonchev–Trinajstić information content (AvgIpc) is 2.83. The maximum Gasteiger partial charge on any atom is 0.376 e. The molecule has 118 valence electrons. The number of nitrogens with zero attached hydrogens (tertiary/aromatic N) is 1. The van der Waals surface area contributed by atoms with Gasteiger partial charge in [-0.05, 0) is 25.7 Å². The summed E-state index contributed by atoms with van der Waals surface area (Å²) in [6.07, 6.45) is 1.97. The Balaban J connectivity index is 2.41. The predicted octanol–water partition coefficient (Wildman–Crippen LogP) is 2.61. The summed E-state index contributed by atoms with van der Waals surface area (Å²) in [7, 11) is -3.25. The zero-order valence-corrected chi connectivity index (χ0v) is 13.4. The highest BCUT2D eigenvalue weighted by Gasteiger charge is 2.36. The number of oxazole rings is 1. The summed E-state index contributed by atoms with van der Waals surface area (Å²) in [6, 6.07) is 0. The van der Waals surface area contributed by atoms with Gasteiger partial charge in [0.15, 0.2) is 9.84 Å². The first kappa shape index (κ1) is 16.0. The Bertz CT molecular complexity index is 617. The first-order valence-electron chi connectivity index (χ1n) is 7.26. The Kier molecular flexibility index (Phi) is 4.70. The van der Waals surface area contributed by atoms with E-state index in [0.717, 1.165) is 6.42 Å². The van der Waals surface area contributed by atoms with Gasteiger partial charge in [0.1, 0.15) is 5.25 Å². The van der Waals surface area contributed by atoms with Gasteiger partial charge in [-0.2, -0.15) is 0 Å². The van der Waals surface area contributed by atoms with Gasteiger partial charge in [-0.15, -0.1) is 0 Å². The summed E-state index contributed by atoms with van der Waals surface area (Å²) in [5.74, 6) is -0.336. The second-order valence-corrected chi connectivity index (χ2v) is 7.80. The van der Waals surface area contributed by atoms with E-state index in [4.69, 9.17) is 9.15 Å². The van der Waals surface area contributed by atoms with Crippen molar-refractivity contribution in [3.63, 3.8) is 0 Å². The molecule has 1 fully saturated rings. The molecule has 0 N–H and O–H groups in total. The molecule has 21 heavy (non-hydrogen) atoms. The van der Waals surface area contributed by atoms with E-state index in [9.17, 15) is 13.2 Å². The van der Waals surface area contributed by atoms with Gasteiger partial charge >= 0.3 is 5.97 Å². The minimum absolute atomic E-state index is 0.0302. The summed E-state index contributed by atoms with van der Waals surface area (Å²) in [5, 5.41) is -0.744. The second kappa shape index (κ2) is 6.17. The number of carbonyl (C=O) groups excluding carboxylic acids is 1. The van der Waals surface area contributed by atoms with Crippen molar-refractivity contribution in [2.24, 2.45) is 0 Å². The van der Waals surface area contributed by atoms with E-state index in [-0.39, 0.29) is 29.9 Å². The molecular formula is C14H21NO5S. The lowest BCUT2D eigenvalue weighted by molar-refractivity contribution is 0.0485. The van der Waals surface area contributed by atoms with Gasteiger partial charge in [-0.3, -0.25) is 0 Å². The highest BCUT2D eigenvalue weighted by Crippen LogP contribution is 2.35. The van der Waals surface area contributed by atoms with Gasteiger partial charge < -0.3 is 9.15 Å². The number of hydrogen-bond acceptors (Lipinski definition) is 6. The maximum absolute atomic E-state index is 12.2. The van der Waals surface area contributed by atoms with Crippen molar-refractivity contribution in [2.45, 2.75) is 51.2 Å². The first-order valence-corrected chi connectivity index (χ1v) is 8.97. The van der Waals surface area contributed by atoms with Crippen LogP contribution in [0.25, 0.3) is 0 Å². The molecule has 1 atom stereocenters. The lowest BCUT2D eigenvalue weighted by Gasteiger charge is -2.19. The van der Waals surface area contributed by atoms with Gasteiger partial charge in [-0.25, -0.2) is 18.2 Å². The third-order valence-electron chi connectivity index (χ3n) is 3.53. The van der Waals surface area contributed by atoms with Crippen molar-refractivity contribution in [3.8, 4) is 0 Å². The Hall–Kier alpha value is -1.37. The monoisotopic (exact) mass is 315 g/mol. The Labute approximate surface area is 124 Å². The fourth-order valence-corrected chi connectivity index (χ4v) is 4.28. The molecule has 2 rings (SSSR count). The molecule has 1 aliphatic heterocycles. The maximum atomic E-state index is 12.2. The lowest BCUT2D eigenvalue weighted by Crippen LogP contribution is -2.21. The van der Waals surface area contributed by atoms with Gasteiger partial charge in [0.25, 0.3) is 0 Å². The summed E-state index contributed by atoms with van der Waals surface area (Å²) >= 11 is 0. The zero-order valence-electron chi connectivity index (χ0n) is 12.6. The van der Waals surface area contributed by atoms with Crippen LogP contribution in [0.3, 0.4) is 0 Å². The molecule has 1 aliphatic rings. The number of hydrogen-bond donors (Lipinski definition) is 0. The minimum atomic E-state index is -3.25. The van der Waals surface area contributed by atoms with Crippen LogP contribution < -0.4 is 0 Å². The van der Waals surface area contributed by atoms with Gasteiger partial charge in [0.2, 0.25) is 11.7 Å². The van der Waals surface area contributed by atoms with E-state index in [0.29, 0.717) is 18.5 Å². The first-order chi connectivity index (χ1) is 9.86. The fraction of sp³-hybridized carbons (Fsp3) is 0.714. The third-order valence-corrected chi connectivity index (χ3v) is 5.69. The van der Waals surface area contributed by atoms with E-state index in [1.54, 1.807) is 6.92 Å². The van der Waals surface area contributed by atoms with Crippen molar-refractivity contribution in [2.75, 3.05) is 12.4 Å². The largest absolute Gasteiger partial charge is 0.460 e. The van der Waals surface area contributed by atoms with Crippen LogP contribution in [0.1, 0.15) is 73.3 Å². The topological polar surface area (TPSA) is 86.5 Å². The van der Waals surface area contributed by atoms with E-state index >= 15 is 0 Å². The second-order valence-electron chi connectivity index (χ2n) is 5.49. The van der Waals surface area contributed by atoms with Gasteiger partial charge in [-0.1, -0.05) is 20.3 Å². The van der Waals surface area contributed by atoms with Crippen molar-refractivity contribution in [1.82, 2.24) is 4.98 Å². The highest BCUT2D eigenvalue weighted by atomic mass is 32.2. The molecule has 1 aromatic heterocycles. The average molecular weight is 315 g/mol. The molecule has 0 amide bonds. The number of sulfone groups is 1. The van der Waals surface area contributed by atoms with Crippen molar-refractivity contribution in [1.29, 1.82) is 0 Å². The molecule has 7 heteroatoms. The minimum Gasteiger partial charge on any atom is -0.460 e. The van der Waals surface area contributed by atoms with Crippen molar-refractivity contribution in [3.05, 3.63) is 17.3 Å². The normalized spacial score (nSPS) is 21.4. The Morgan fingerprint density at radius 2 is 2.14 bits per heavy atom. The molecule has 0 radical (unpaired) electrons. The Morgan fingerprint density at radius 1 is 1.43 bits per heavy atom. The highest BCUT2D eigenvalue weighted by molar-refractivity contribution is 7.91. The van der Waals surface area contributed by atoms with Gasteiger partial charge in [0.05, 0.1) is 18.1 Å². The molecule has 0 aromatic carbocycles. The summed E-state index contributed by atoms with van der Waals surface area (Å²) in [5.41, 5.74) is 0.462. The van der Waals surface area contributed by atoms with E-state index < -0.39 is 21.1 Å². The Morgan fingerprint density at radius 3 is 2.71 bits per heavy atom. The zero-order chi connectivity index (χ0) is 15.6. The summed E-state index contributed by atoms with van der Waals surface area (Å²) in [6.45, 7) is 5.68. The van der Waals surface area contributed by atoms with Crippen LogP contribution >= 0.6 is 0 Å². The van der Waals surface area contributed by atoms with E-state index in [1.807, 2.05) is 13.8 Å². The molecule has 0 spiro atoms. The molecule has 1 unspecified atom stereocenters. The van der Waals surface area contributed by atoms with Crippen LogP contribution in [0.5, 0.6) is 0 Å². The molecule has 1 aromatic rings. The van der Waals surface area contributed by atoms with Crippen LogP contribution in [0, 0.1) is 0 Å². The number of rotatable bonds is 4. The molecule has 0 saturated carbocycles. The van der Waals surface area contributed by atoms with Crippen LogP contribution in [-0.2, 0) is 14.6 Å². The smallest absolute Gasteiger partial charge is 0.376 e. The molecule has 2 heterocycles. The summed E-state index contributed by atoms with van der Waals surface area (Å²) in [4.78, 5) is 16.2. The van der Waals surface area contributed by atoms with Crippen LogP contribution in [0.2, 0.25) is 0 Å². The van der Waals surface area contributed by atoms with E-state index in [1.165, 1.54) is 0 Å². The standard InChI is InChI=1S/C14H21NO5S/c1-4-19-14(16)12-11(9(2)3)15-13(20-12)10-7-5-6-8-21(10,17)18/h9-10H,4-8H2,1-3H3. The number of carbonyl (C=O) groups is 1. The number of ether oxygens (including phenoxy) is 1. The SMILES string of the molecule is CCOC(=O)c1oc(C2CCCCS2(=O)=O)nc1C(C)C. The third kappa shape index (κ3) is 3.28. The van der Waals surface area contributed by atoms with Crippen molar-refractivity contribution >= 4 is 15.8 Å². The number of aromatic nitrogens is 1.